The maximum Gasteiger partial charge on any atom is 0.136 e. The van der Waals surface area contributed by atoms with Crippen LogP contribution in [-0.4, -0.2) is 49.5 Å². The third-order valence-electron chi connectivity index (χ3n) is 3.18. The lowest BCUT2D eigenvalue weighted by Crippen LogP contribution is -2.54. The van der Waals surface area contributed by atoms with Crippen molar-refractivity contribution in [2.24, 2.45) is 5.18 Å². The van der Waals surface area contributed by atoms with Gasteiger partial charge in [0.15, 0.2) is 0 Å². The number of halogens is 1. The molecule has 0 saturated carbocycles. The molecule has 0 unspecified atom stereocenters. The van der Waals surface area contributed by atoms with Crippen LogP contribution in [0.5, 0.6) is 0 Å². The number of nitrogens with zero attached hydrogens (tertiary/aromatic N) is 2. The summed E-state index contributed by atoms with van der Waals surface area (Å²) >= 11 is 0. The van der Waals surface area contributed by atoms with Gasteiger partial charge < -0.3 is 4.74 Å². The molecule has 2 heterocycles. The minimum atomic E-state index is -1.34. The second-order valence-corrected chi connectivity index (χ2v) is 4.17. The maximum atomic E-state index is 13.8. The molecule has 0 radical (unpaired) electrons. The zero-order chi connectivity index (χ0) is 10.0. The number of likely N-dealkylation sites (tertiary alicyclic amines) is 1. The standard InChI is InChI=1S/C9H15FN2O2/c10-9(7-11-13)1-3-12(4-2-9)8-5-14-6-8/h8H,1-7H2. The summed E-state index contributed by atoms with van der Waals surface area (Å²) in [6.45, 7) is 2.79. The SMILES string of the molecule is O=NCC1(F)CCN(C2COC2)CC1. The highest BCUT2D eigenvalue weighted by Gasteiger charge is 2.38. The Bertz CT molecular complexity index is 213. The molecule has 2 aliphatic heterocycles. The molecule has 2 saturated heterocycles. The molecule has 0 spiro atoms. The lowest BCUT2D eigenvalue weighted by Gasteiger charge is -2.42. The first-order valence-electron chi connectivity index (χ1n) is 5.03. The lowest BCUT2D eigenvalue weighted by atomic mass is 9.92. The van der Waals surface area contributed by atoms with E-state index >= 15 is 0 Å². The van der Waals surface area contributed by atoms with Crippen LogP contribution in [-0.2, 0) is 4.74 Å². The number of nitroso groups, excluding NO2 is 1. The number of piperidine rings is 1. The van der Waals surface area contributed by atoms with Gasteiger partial charge in [0, 0.05) is 13.1 Å². The summed E-state index contributed by atoms with van der Waals surface area (Å²) in [5.41, 5.74) is -1.34. The fourth-order valence-electron chi connectivity index (χ4n) is 2.00. The van der Waals surface area contributed by atoms with Gasteiger partial charge in [0.2, 0.25) is 0 Å². The van der Waals surface area contributed by atoms with Gasteiger partial charge in [-0.1, -0.05) is 5.18 Å². The highest BCUT2D eigenvalue weighted by molar-refractivity contribution is 4.91. The topological polar surface area (TPSA) is 41.9 Å². The summed E-state index contributed by atoms with van der Waals surface area (Å²) in [5.74, 6) is 0. The quantitative estimate of drug-likeness (QED) is 0.640. The molecule has 0 aromatic rings. The summed E-state index contributed by atoms with van der Waals surface area (Å²) in [4.78, 5) is 12.3. The number of rotatable bonds is 3. The molecule has 2 rings (SSSR count). The average Bonchev–Trinajstić information content (AvgIpc) is 2.06. The molecule has 0 bridgehead atoms. The van der Waals surface area contributed by atoms with Crippen LogP contribution >= 0.6 is 0 Å². The third-order valence-corrected chi connectivity index (χ3v) is 3.18. The highest BCUT2D eigenvalue weighted by atomic mass is 19.1. The molecular weight excluding hydrogens is 187 g/mol. The lowest BCUT2D eigenvalue weighted by molar-refractivity contribution is -0.0836. The van der Waals surface area contributed by atoms with Gasteiger partial charge in [-0.15, -0.1) is 0 Å². The summed E-state index contributed by atoms with van der Waals surface area (Å²) in [5, 5.41) is 2.67. The van der Waals surface area contributed by atoms with Gasteiger partial charge in [0.05, 0.1) is 19.3 Å². The van der Waals surface area contributed by atoms with E-state index in [1.54, 1.807) is 0 Å². The minimum Gasteiger partial charge on any atom is -0.378 e. The largest absolute Gasteiger partial charge is 0.378 e. The fraction of sp³-hybridized carbons (Fsp3) is 1.00. The molecular formula is C9H15FN2O2. The molecule has 4 nitrogen and oxygen atoms in total. The zero-order valence-electron chi connectivity index (χ0n) is 8.12. The molecule has 14 heavy (non-hydrogen) atoms. The van der Waals surface area contributed by atoms with E-state index in [2.05, 4.69) is 10.1 Å². The van der Waals surface area contributed by atoms with Crippen LogP contribution in [0.4, 0.5) is 4.39 Å². The van der Waals surface area contributed by atoms with Crippen molar-refractivity contribution in [3.05, 3.63) is 4.91 Å². The predicted molar refractivity (Wildman–Crippen MR) is 49.9 cm³/mol. The van der Waals surface area contributed by atoms with Gasteiger partial charge in [-0.05, 0) is 12.8 Å². The molecule has 0 N–H and O–H groups in total. The second-order valence-electron chi connectivity index (χ2n) is 4.17. The molecule has 2 aliphatic rings. The Labute approximate surface area is 82.4 Å². The summed E-state index contributed by atoms with van der Waals surface area (Å²) in [6, 6.07) is 0.476. The van der Waals surface area contributed by atoms with E-state index in [-0.39, 0.29) is 6.54 Å². The fourth-order valence-corrected chi connectivity index (χ4v) is 2.00. The Hall–Kier alpha value is -0.550. The van der Waals surface area contributed by atoms with Crippen LogP contribution in [0.25, 0.3) is 0 Å². The van der Waals surface area contributed by atoms with E-state index in [9.17, 15) is 9.30 Å². The number of hydrogen-bond acceptors (Lipinski definition) is 4. The first-order valence-corrected chi connectivity index (χ1v) is 5.03. The Kier molecular flexibility index (Phi) is 2.78. The van der Waals surface area contributed by atoms with Crippen LogP contribution in [0.3, 0.4) is 0 Å². The summed E-state index contributed by atoms with van der Waals surface area (Å²) in [7, 11) is 0. The first kappa shape index (κ1) is 9.98. The summed E-state index contributed by atoms with van der Waals surface area (Å²) < 4.78 is 18.9. The van der Waals surface area contributed by atoms with Gasteiger partial charge in [-0.2, -0.15) is 4.91 Å². The van der Waals surface area contributed by atoms with Crippen molar-refractivity contribution in [1.29, 1.82) is 0 Å². The van der Waals surface area contributed by atoms with Crippen molar-refractivity contribution in [2.75, 3.05) is 32.8 Å². The van der Waals surface area contributed by atoms with E-state index in [0.717, 1.165) is 26.3 Å². The Morgan fingerprint density at radius 2 is 2.07 bits per heavy atom. The Morgan fingerprint density at radius 3 is 2.50 bits per heavy atom. The van der Waals surface area contributed by atoms with E-state index in [1.165, 1.54) is 0 Å². The molecule has 0 amide bonds. The average molecular weight is 202 g/mol. The Balaban J connectivity index is 1.81. The second kappa shape index (κ2) is 3.90. The number of hydrogen-bond donors (Lipinski definition) is 0. The van der Waals surface area contributed by atoms with Crippen molar-refractivity contribution in [1.82, 2.24) is 4.90 Å². The van der Waals surface area contributed by atoms with E-state index < -0.39 is 5.67 Å². The van der Waals surface area contributed by atoms with E-state index in [0.29, 0.717) is 18.9 Å². The number of alkyl halides is 1. The number of ether oxygens (including phenoxy) is 1. The van der Waals surface area contributed by atoms with Crippen molar-refractivity contribution >= 4 is 0 Å². The van der Waals surface area contributed by atoms with Crippen molar-refractivity contribution in [2.45, 2.75) is 24.6 Å². The molecule has 5 heteroatoms. The predicted octanol–water partition coefficient (Wildman–Crippen LogP) is 0.956. The van der Waals surface area contributed by atoms with Gasteiger partial charge in [-0.25, -0.2) is 4.39 Å². The van der Waals surface area contributed by atoms with E-state index in [1.807, 2.05) is 0 Å². The van der Waals surface area contributed by atoms with Crippen molar-refractivity contribution in [3.63, 3.8) is 0 Å². The molecule has 2 fully saturated rings. The Morgan fingerprint density at radius 1 is 1.43 bits per heavy atom. The summed E-state index contributed by atoms with van der Waals surface area (Å²) in [6.07, 6.45) is 0.852. The minimum absolute atomic E-state index is 0.192. The van der Waals surface area contributed by atoms with Gasteiger partial charge in [0.25, 0.3) is 0 Å². The normalized spacial score (nSPS) is 28.4. The monoisotopic (exact) mass is 202 g/mol. The molecule has 0 aliphatic carbocycles. The maximum absolute atomic E-state index is 13.8. The first-order chi connectivity index (χ1) is 6.73. The smallest absolute Gasteiger partial charge is 0.136 e. The molecule has 0 aromatic carbocycles. The highest BCUT2D eigenvalue weighted by Crippen LogP contribution is 2.28. The molecule has 80 valence electrons. The van der Waals surface area contributed by atoms with E-state index in [4.69, 9.17) is 4.74 Å². The molecule has 0 atom stereocenters. The zero-order valence-corrected chi connectivity index (χ0v) is 8.12. The van der Waals surface area contributed by atoms with Gasteiger partial charge >= 0.3 is 0 Å². The molecule has 0 aromatic heterocycles. The van der Waals surface area contributed by atoms with Crippen LogP contribution in [0.15, 0.2) is 5.18 Å². The van der Waals surface area contributed by atoms with Crippen LogP contribution in [0.2, 0.25) is 0 Å². The van der Waals surface area contributed by atoms with Crippen LogP contribution < -0.4 is 0 Å². The van der Waals surface area contributed by atoms with Gasteiger partial charge in [-0.3, -0.25) is 4.90 Å². The van der Waals surface area contributed by atoms with Crippen LogP contribution in [0, 0.1) is 4.91 Å². The van der Waals surface area contributed by atoms with Gasteiger partial charge in [0.1, 0.15) is 12.2 Å². The third kappa shape index (κ3) is 1.93. The van der Waals surface area contributed by atoms with Crippen molar-refractivity contribution < 1.29 is 9.13 Å². The van der Waals surface area contributed by atoms with Crippen LogP contribution in [0.1, 0.15) is 12.8 Å². The van der Waals surface area contributed by atoms with Crippen molar-refractivity contribution in [3.8, 4) is 0 Å².